The first kappa shape index (κ1) is 18.6. The van der Waals surface area contributed by atoms with Crippen molar-refractivity contribution in [3.8, 4) is 11.8 Å². The Morgan fingerprint density at radius 1 is 1.00 bits per heavy atom. The molecule has 0 saturated heterocycles. The van der Waals surface area contributed by atoms with E-state index in [0.717, 1.165) is 38.2 Å². The number of aryl methyl sites for hydroxylation is 1. The average Bonchev–Trinajstić information content (AvgIpc) is 2.66. The first-order valence-corrected chi connectivity index (χ1v) is 9.58. The zero-order valence-corrected chi connectivity index (χ0v) is 15.3. The molecule has 1 saturated carbocycles. The van der Waals surface area contributed by atoms with E-state index in [2.05, 4.69) is 48.0 Å². The van der Waals surface area contributed by atoms with Gasteiger partial charge in [0.25, 0.3) is 0 Å². The number of unbranched alkanes of at least 4 members (excludes halogenated alkanes) is 1. The van der Waals surface area contributed by atoms with E-state index in [1.807, 2.05) is 0 Å². The van der Waals surface area contributed by atoms with Crippen LogP contribution < -0.4 is 0 Å². The Bertz CT molecular complexity index is 778. The van der Waals surface area contributed by atoms with Crippen molar-refractivity contribution in [1.82, 2.24) is 4.98 Å². The summed E-state index contributed by atoms with van der Waals surface area (Å²) in [4.78, 5) is 3.18. The molecular formula is C23H25F2N. The normalized spacial score (nSPS) is 19.7. The number of benzene rings is 1. The van der Waals surface area contributed by atoms with Crippen LogP contribution in [0.25, 0.3) is 0 Å². The van der Waals surface area contributed by atoms with Crippen LogP contribution in [0.1, 0.15) is 68.1 Å². The average molecular weight is 353 g/mol. The molecule has 136 valence electrons. The summed E-state index contributed by atoms with van der Waals surface area (Å²) in [5, 5.41) is 0. The maximum absolute atomic E-state index is 13.5. The van der Waals surface area contributed by atoms with Crippen LogP contribution in [-0.4, -0.2) is 4.98 Å². The highest BCUT2D eigenvalue weighted by Crippen LogP contribution is 2.35. The van der Waals surface area contributed by atoms with Gasteiger partial charge in [0.1, 0.15) is 0 Å². The van der Waals surface area contributed by atoms with Crippen LogP contribution in [0, 0.1) is 29.7 Å². The SMILES string of the molecule is CCCCc1ccc([C@H]2CC[C@H](C#Cc3ccc(F)nc3F)CC2)cc1. The maximum Gasteiger partial charge on any atom is 0.231 e. The van der Waals surface area contributed by atoms with Gasteiger partial charge in [0.15, 0.2) is 0 Å². The van der Waals surface area contributed by atoms with Crippen LogP contribution in [0.3, 0.4) is 0 Å². The molecule has 0 unspecified atom stereocenters. The smallest absolute Gasteiger partial charge is 0.189 e. The van der Waals surface area contributed by atoms with E-state index in [9.17, 15) is 8.78 Å². The lowest BCUT2D eigenvalue weighted by atomic mass is 9.78. The standard InChI is InChI=1S/C23H25F2N/c1-2-3-4-17-5-10-19(11-6-17)20-12-7-18(8-13-20)9-14-21-15-16-22(24)26-23(21)25/h5-6,10-11,15-16,18,20H,2-4,7-8,12-13H2,1H3/t18-,20-. The van der Waals surface area contributed by atoms with Crippen LogP contribution in [0.2, 0.25) is 0 Å². The number of hydrogen-bond acceptors (Lipinski definition) is 1. The van der Waals surface area contributed by atoms with E-state index >= 15 is 0 Å². The fourth-order valence-electron chi connectivity index (χ4n) is 3.59. The Morgan fingerprint density at radius 3 is 2.38 bits per heavy atom. The molecule has 1 aromatic heterocycles. The third kappa shape index (κ3) is 4.91. The zero-order valence-electron chi connectivity index (χ0n) is 15.3. The third-order valence-corrected chi connectivity index (χ3v) is 5.22. The molecule has 26 heavy (non-hydrogen) atoms. The van der Waals surface area contributed by atoms with E-state index in [4.69, 9.17) is 0 Å². The maximum atomic E-state index is 13.5. The molecule has 1 heterocycles. The van der Waals surface area contributed by atoms with Gasteiger partial charge in [0.2, 0.25) is 11.9 Å². The molecule has 1 fully saturated rings. The molecule has 2 aromatic rings. The summed E-state index contributed by atoms with van der Waals surface area (Å²) in [7, 11) is 0. The molecule has 1 aliphatic rings. The number of aromatic nitrogens is 1. The van der Waals surface area contributed by atoms with Crippen LogP contribution in [0.5, 0.6) is 0 Å². The molecular weight excluding hydrogens is 328 g/mol. The molecule has 0 atom stereocenters. The number of pyridine rings is 1. The second-order valence-corrected chi connectivity index (χ2v) is 7.14. The predicted molar refractivity (Wildman–Crippen MR) is 101 cm³/mol. The van der Waals surface area contributed by atoms with Crippen molar-refractivity contribution in [1.29, 1.82) is 0 Å². The Hall–Kier alpha value is -2.21. The predicted octanol–water partition coefficient (Wildman–Crippen LogP) is 6.03. The minimum Gasteiger partial charge on any atom is -0.189 e. The topological polar surface area (TPSA) is 12.9 Å². The zero-order chi connectivity index (χ0) is 18.4. The molecule has 3 heteroatoms. The van der Waals surface area contributed by atoms with Gasteiger partial charge in [-0.05, 0) is 67.7 Å². The van der Waals surface area contributed by atoms with Gasteiger partial charge >= 0.3 is 0 Å². The van der Waals surface area contributed by atoms with Gasteiger partial charge in [0.05, 0.1) is 5.56 Å². The highest BCUT2D eigenvalue weighted by molar-refractivity contribution is 5.33. The van der Waals surface area contributed by atoms with Crippen molar-refractivity contribution >= 4 is 0 Å². The largest absolute Gasteiger partial charge is 0.231 e. The van der Waals surface area contributed by atoms with Crippen LogP contribution in [0.15, 0.2) is 36.4 Å². The molecule has 0 radical (unpaired) electrons. The Balaban J connectivity index is 1.55. The summed E-state index contributed by atoms with van der Waals surface area (Å²) in [6.45, 7) is 2.22. The van der Waals surface area contributed by atoms with Crippen molar-refractivity contribution < 1.29 is 8.78 Å². The van der Waals surface area contributed by atoms with Crippen LogP contribution >= 0.6 is 0 Å². The minimum atomic E-state index is -0.825. The lowest BCUT2D eigenvalue weighted by Crippen LogP contribution is -2.12. The Kier molecular flexibility index (Phi) is 6.39. The van der Waals surface area contributed by atoms with Crippen LogP contribution in [0.4, 0.5) is 8.78 Å². The number of halogens is 2. The molecule has 0 spiro atoms. The number of rotatable bonds is 4. The van der Waals surface area contributed by atoms with Gasteiger partial charge in [-0.25, -0.2) is 0 Å². The van der Waals surface area contributed by atoms with Gasteiger partial charge in [0, 0.05) is 5.92 Å². The molecule has 1 aliphatic carbocycles. The second kappa shape index (κ2) is 8.94. The Labute approximate surface area is 154 Å². The monoisotopic (exact) mass is 353 g/mol. The van der Waals surface area contributed by atoms with Crippen molar-refractivity contribution in [2.45, 2.75) is 57.8 Å². The highest BCUT2D eigenvalue weighted by atomic mass is 19.1. The first-order valence-electron chi connectivity index (χ1n) is 9.58. The summed E-state index contributed by atoms with van der Waals surface area (Å²) in [6.07, 6.45) is 7.89. The van der Waals surface area contributed by atoms with Gasteiger partial charge in [-0.15, -0.1) is 0 Å². The van der Waals surface area contributed by atoms with Crippen molar-refractivity contribution in [3.63, 3.8) is 0 Å². The molecule has 0 bridgehead atoms. The molecule has 3 rings (SSSR count). The van der Waals surface area contributed by atoms with Crippen LogP contribution in [-0.2, 0) is 6.42 Å². The molecule has 0 amide bonds. The van der Waals surface area contributed by atoms with Gasteiger partial charge in [-0.1, -0.05) is 49.5 Å². The molecule has 1 nitrogen and oxygen atoms in total. The number of hydrogen-bond donors (Lipinski definition) is 0. The van der Waals surface area contributed by atoms with E-state index in [1.54, 1.807) is 0 Å². The quantitative estimate of drug-likeness (QED) is 0.483. The van der Waals surface area contributed by atoms with Gasteiger partial charge in [-0.3, -0.25) is 0 Å². The molecule has 0 aliphatic heterocycles. The Morgan fingerprint density at radius 2 is 1.73 bits per heavy atom. The summed E-state index contributed by atoms with van der Waals surface area (Å²) in [6, 6.07) is 11.6. The van der Waals surface area contributed by atoms with Gasteiger partial charge in [-0.2, -0.15) is 13.8 Å². The molecule has 1 aromatic carbocycles. The highest BCUT2D eigenvalue weighted by Gasteiger charge is 2.21. The van der Waals surface area contributed by atoms with E-state index in [0.29, 0.717) is 5.92 Å². The van der Waals surface area contributed by atoms with Gasteiger partial charge < -0.3 is 0 Å². The fraction of sp³-hybridized carbons (Fsp3) is 0.435. The summed E-state index contributed by atoms with van der Waals surface area (Å²) >= 11 is 0. The second-order valence-electron chi connectivity index (χ2n) is 7.14. The number of nitrogens with zero attached hydrogens (tertiary/aromatic N) is 1. The van der Waals surface area contributed by atoms with E-state index < -0.39 is 11.9 Å². The summed E-state index contributed by atoms with van der Waals surface area (Å²) in [5.74, 6) is 5.22. The first-order chi connectivity index (χ1) is 12.7. The van der Waals surface area contributed by atoms with Crippen molar-refractivity contribution in [2.75, 3.05) is 0 Å². The molecule has 0 N–H and O–H groups in total. The fourth-order valence-corrected chi connectivity index (χ4v) is 3.59. The lowest BCUT2D eigenvalue weighted by Gasteiger charge is -2.26. The van der Waals surface area contributed by atoms with Crippen molar-refractivity contribution in [3.05, 3.63) is 65.0 Å². The van der Waals surface area contributed by atoms with Crippen molar-refractivity contribution in [2.24, 2.45) is 5.92 Å². The van der Waals surface area contributed by atoms with E-state index in [1.165, 1.54) is 30.0 Å². The lowest BCUT2D eigenvalue weighted by molar-refractivity contribution is 0.384. The summed E-state index contributed by atoms with van der Waals surface area (Å²) < 4.78 is 26.4. The minimum absolute atomic E-state index is 0.177. The third-order valence-electron chi connectivity index (χ3n) is 5.22. The van der Waals surface area contributed by atoms with E-state index in [-0.39, 0.29) is 11.5 Å². The summed E-state index contributed by atoms with van der Waals surface area (Å²) in [5.41, 5.74) is 3.02.